The number of hydrogen-bond acceptors (Lipinski definition) is 7. The summed E-state index contributed by atoms with van der Waals surface area (Å²) in [6, 6.07) is 0. The molecule has 9 nitrogen and oxygen atoms in total. The van der Waals surface area contributed by atoms with Gasteiger partial charge in [0.1, 0.15) is 19.8 Å². The van der Waals surface area contributed by atoms with Gasteiger partial charge >= 0.3 is 19.8 Å². The van der Waals surface area contributed by atoms with E-state index in [1.54, 1.807) is 0 Å². The summed E-state index contributed by atoms with van der Waals surface area (Å²) in [6.45, 7) is 4.37. The van der Waals surface area contributed by atoms with Gasteiger partial charge in [0.25, 0.3) is 0 Å². The van der Waals surface area contributed by atoms with E-state index in [9.17, 15) is 19.0 Å². The van der Waals surface area contributed by atoms with Gasteiger partial charge in [0.2, 0.25) is 0 Å². The van der Waals surface area contributed by atoms with Crippen molar-refractivity contribution in [1.29, 1.82) is 0 Å². The van der Waals surface area contributed by atoms with Gasteiger partial charge in [0, 0.05) is 12.8 Å². The summed E-state index contributed by atoms with van der Waals surface area (Å²) in [5.41, 5.74) is 0. The maximum atomic E-state index is 12.6. The smallest absolute Gasteiger partial charge is 0.462 e. The van der Waals surface area contributed by atoms with E-state index in [1.165, 1.54) is 109 Å². The number of carbonyl (C=O) groups is 2. The van der Waals surface area contributed by atoms with E-state index in [4.69, 9.17) is 18.5 Å². The number of hydrogen-bond donors (Lipinski definition) is 1. The molecule has 0 rings (SSSR count). The van der Waals surface area contributed by atoms with Crippen LogP contribution < -0.4 is 0 Å². The largest absolute Gasteiger partial charge is 0.472 e. The highest BCUT2D eigenvalue weighted by Crippen LogP contribution is 2.43. The molecule has 0 heterocycles. The minimum absolute atomic E-state index is 0.0339. The van der Waals surface area contributed by atoms with Crippen molar-refractivity contribution in [2.45, 2.75) is 187 Å². The van der Waals surface area contributed by atoms with Crippen molar-refractivity contribution >= 4 is 19.8 Å². The minimum Gasteiger partial charge on any atom is -0.462 e. The average molecular weight is 733 g/mol. The number of esters is 2. The van der Waals surface area contributed by atoms with Crippen LogP contribution in [0.2, 0.25) is 0 Å². The van der Waals surface area contributed by atoms with E-state index in [2.05, 4.69) is 26.0 Å². The Hall–Kier alpha value is -1.25. The van der Waals surface area contributed by atoms with Gasteiger partial charge in [-0.2, -0.15) is 0 Å². The van der Waals surface area contributed by atoms with E-state index in [-0.39, 0.29) is 25.6 Å². The number of ether oxygens (including phenoxy) is 2. The van der Waals surface area contributed by atoms with Crippen molar-refractivity contribution < 1.29 is 42.1 Å². The number of carbonyl (C=O) groups excluding carboxylic acids is 2. The molecule has 0 aromatic heterocycles. The highest BCUT2D eigenvalue weighted by Gasteiger charge is 2.27. The Morgan fingerprint density at radius 1 is 0.600 bits per heavy atom. The second-order valence-corrected chi connectivity index (χ2v) is 16.5. The normalized spacial score (nSPS) is 13.8. The Kier molecular flexibility index (Phi) is 32.7. The maximum Gasteiger partial charge on any atom is 0.472 e. The Balaban J connectivity index is 4.26. The highest BCUT2D eigenvalue weighted by molar-refractivity contribution is 7.47. The van der Waals surface area contributed by atoms with E-state index >= 15 is 0 Å². The van der Waals surface area contributed by atoms with Crippen LogP contribution in [0.25, 0.3) is 0 Å². The van der Waals surface area contributed by atoms with Crippen LogP contribution >= 0.6 is 7.82 Å². The molecule has 0 fully saturated rings. The SMILES string of the molecule is CCCCCCCC/C=C/CCCCCCCCCCCC(=O)O[C@H](COC(=O)CCCCCCCCC)COP(=O)(O)OCC[N+](C)(C)C. The fourth-order valence-electron chi connectivity index (χ4n) is 5.54. The molecule has 0 bridgehead atoms. The topological polar surface area (TPSA) is 108 Å². The number of likely N-dealkylation sites (N-methyl/N-ethyl adjacent to an activating group) is 1. The molecule has 50 heavy (non-hydrogen) atoms. The standard InChI is InChI=1S/C40H78NO8P/c1-6-8-10-12-14-15-16-17-18-19-20-21-22-23-24-25-27-29-31-33-40(43)49-38(37-48-50(44,45)47-35-34-41(3,4)5)36-46-39(42)32-30-28-26-13-11-9-7-2/h17-18,38H,6-16,19-37H2,1-5H3/p+1/b18-17+/t38-/m1/s1. The van der Waals surface area contributed by atoms with Crippen molar-refractivity contribution in [2.24, 2.45) is 0 Å². The van der Waals surface area contributed by atoms with Crippen LogP contribution in [0.5, 0.6) is 0 Å². The first-order valence-corrected chi connectivity index (χ1v) is 21.9. The lowest BCUT2D eigenvalue weighted by atomic mass is 10.1. The Morgan fingerprint density at radius 2 is 1.02 bits per heavy atom. The van der Waals surface area contributed by atoms with Crippen LogP contribution in [0.4, 0.5) is 0 Å². The summed E-state index contributed by atoms with van der Waals surface area (Å²) < 4.78 is 34.1. The van der Waals surface area contributed by atoms with Crippen molar-refractivity contribution in [2.75, 3.05) is 47.5 Å². The molecule has 0 spiro atoms. The Labute approximate surface area is 307 Å². The van der Waals surface area contributed by atoms with Crippen molar-refractivity contribution in [3.05, 3.63) is 12.2 Å². The molecule has 0 amide bonds. The van der Waals surface area contributed by atoms with Crippen LogP contribution in [-0.2, 0) is 32.7 Å². The zero-order chi connectivity index (χ0) is 37.2. The van der Waals surface area contributed by atoms with Gasteiger partial charge < -0.3 is 18.9 Å². The lowest BCUT2D eigenvalue weighted by molar-refractivity contribution is -0.870. The van der Waals surface area contributed by atoms with E-state index < -0.39 is 26.5 Å². The molecule has 0 radical (unpaired) electrons. The molecular formula is C40H79NO8P+. The summed E-state index contributed by atoms with van der Waals surface area (Å²) >= 11 is 0. The molecule has 0 aliphatic heterocycles. The summed E-state index contributed by atoms with van der Waals surface area (Å²) in [6.07, 6.45) is 32.8. The quantitative estimate of drug-likeness (QED) is 0.0221. The maximum absolute atomic E-state index is 12.6. The molecule has 2 atom stereocenters. The fraction of sp³-hybridized carbons (Fsp3) is 0.900. The van der Waals surface area contributed by atoms with Crippen molar-refractivity contribution in [3.63, 3.8) is 0 Å². The fourth-order valence-corrected chi connectivity index (χ4v) is 6.28. The molecule has 1 N–H and O–H groups in total. The first kappa shape index (κ1) is 48.8. The molecule has 0 aromatic carbocycles. The van der Waals surface area contributed by atoms with Gasteiger partial charge in [-0.05, 0) is 38.5 Å². The zero-order valence-electron chi connectivity index (χ0n) is 33.1. The van der Waals surface area contributed by atoms with Crippen LogP contribution in [0, 0.1) is 0 Å². The highest BCUT2D eigenvalue weighted by atomic mass is 31.2. The molecular weight excluding hydrogens is 653 g/mol. The van der Waals surface area contributed by atoms with Gasteiger partial charge in [-0.15, -0.1) is 0 Å². The Morgan fingerprint density at radius 3 is 1.48 bits per heavy atom. The van der Waals surface area contributed by atoms with Crippen molar-refractivity contribution in [1.82, 2.24) is 0 Å². The minimum atomic E-state index is -4.36. The summed E-state index contributed by atoms with van der Waals surface area (Å²) in [5, 5.41) is 0. The van der Waals surface area contributed by atoms with E-state index in [1.807, 2.05) is 21.1 Å². The first-order valence-electron chi connectivity index (χ1n) is 20.4. The number of allylic oxidation sites excluding steroid dienone is 2. The van der Waals surface area contributed by atoms with Gasteiger partial charge in [-0.3, -0.25) is 18.6 Å². The van der Waals surface area contributed by atoms with Gasteiger partial charge in [0.15, 0.2) is 6.10 Å². The molecule has 0 saturated heterocycles. The van der Waals surface area contributed by atoms with Gasteiger partial charge in [-0.25, -0.2) is 4.57 Å². The molecule has 0 aliphatic carbocycles. The lowest BCUT2D eigenvalue weighted by Gasteiger charge is -2.24. The molecule has 0 saturated carbocycles. The predicted octanol–water partition coefficient (Wildman–Crippen LogP) is 11.0. The van der Waals surface area contributed by atoms with Crippen LogP contribution in [-0.4, -0.2) is 74.9 Å². The Bertz CT molecular complexity index is 876. The molecule has 10 heteroatoms. The molecule has 0 aliphatic rings. The predicted molar refractivity (Wildman–Crippen MR) is 206 cm³/mol. The summed E-state index contributed by atoms with van der Waals surface area (Å²) in [5.74, 6) is -0.803. The molecule has 1 unspecified atom stereocenters. The number of unbranched alkanes of at least 4 members (excludes halogenated alkanes) is 21. The molecule has 296 valence electrons. The lowest BCUT2D eigenvalue weighted by Crippen LogP contribution is -2.37. The number of phosphoric acid groups is 1. The monoisotopic (exact) mass is 733 g/mol. The van der Waals surface area contributed by atoms with Crippen molar-refractivity contribution in [3.8, 4) is 0 Å². The number of quaternary nitrogens is 1. The van der Waals surface area contributed by atoms with Crippen LogP contribution in [0.1, 0.15) is 181 Å². The third kappa shape index (κ3) is 36.5. The van der Waals surface area contributed by atoms with Gasteiger partial charge in [-0.1, -0.05) is 142 Å². The third-order valence-electron chi connectivity index (χ3n) is 8.80. The number of nitrogens with zero attached hydrogens (tertiary/aromatic N) is 1. The molecule has 0 aromatic rings. The number of phosphoric ester groups is 1. The van der Waals surface area contributed by atoms with Gasteiger partial charge in [0.05, 0.1) is 27.7 Å². The van der Waals surface area contributed by atoms with E-state index in [0.717, 1.165) is 38.5 Å². The van der Waals surface area contributed by atoms with Crippen LogP contribution in [0.15, 0.2) is 12.2 Å². The number of rotatable bonds is 37. The zero-order valence-corrected chi connectivity index (χ0v) is 34.0. The second kappa shape index (κ2) is 33.6. The summed E-state index contributed by atoms with van der Waals surface area (Å²) in [4.78, 5) is 35.1. The first-order chi connectivity index (χ1) is 24.0. The average Bonchev–Trinajstić information content (AvgIpc) is 3.06. The van der Waals surface area contributed by atoms with Crippen LogP contribution in [0.3, 0.4) is 0 Å². The summed E-state index contributed by atoms with van der Waals surface area (Å²) in [7, 11) is 1.48. The third-order valence-corrected chi connectivity index (χ3v) is 9.78. The second-order valence-electron chi connectivity index (χ2n) is 15.0. The van der Waals surface area contributed by atoms with E-state index in [0.29, 0.717) is 23.9 Å².